The van der Waals surface area contributed by atoms with Crippen LogP contribution in [0.3, 0.4) is 0 Å². The Kier molecular flexibility index (Phi) is 8.98. The summed E-state index contributed by atoms with van der Waals surface area (Å²) in [5.74, 6) is 0.808. The Morgan fingerprint density at radius 3 is 2.45 bits per heavy atom. The molecule has 9 nitrogen and oxygen atoms in total. The molecule has 2 atom stereocenters. The first kappa shape index (κ1) is 29.7. The highest BCUT2D eigenvalue weighted by atomic mass is 32.2. The van der Waals surface area contributed by atoms with Gasteiger partial charge in [-0.2, -0.15) is 17.5 Å². The number of sulfonamides is 1. The van der Waals surface area contributed by atoms with E-state index in [4.69, 9.17) is 5.73 Å². The number of aliphatic imine (C=N–C) groups is 1. The van der Waals surface area contributed by atoms with Crippen LogP contribution in [0.2, 0.25) is 0 Å². The minimum Gasteiger partial charge on any atom is -0.390 e. The molecule has 1 saturated carbocycles. The number of nitrogens with one attached hydrogen (secondary N) is 2. The summed E-state index contributed by atoms with van der Waals surface area (Å²) in [4.78, 5) is 7.86. The van der Waals surface area contributed by atoms with Crippen molar-refractivity contribution in [2.24, 2.45) is 10.7 Å². The Morgan fingerprint density at radius 1 is 1.20 bits per heavy atom. The Bertz CT molecular complexity index is 1360. The maximum Gasteiger partial charge on any atom is 0.417 e. The smallest absolute Gasteiger partial charge is 0.390 e. The summed E-state index contributed by atoms with van der Waals surface area (Å²) in [5, 5.41) is 16.8. The number of piperidine rings is 1. The molecule has 1 saturated heterocycles. The monoisotopic (exact) mass is 578 g/mol. The molecule has 2 aromatic rings. The fourth-order valence-electron chi connectivity index (χ4n) is 4.60. The number of hydrogen-bond donors (Lipinski definition) is 4. The molecular formula is C27H33F3N6O3S. The van der Waals surface area contributed by atoms with Crippen molar-refractivity contribution >= 4 is 28.1 Å². The van der Waals surface area contributed by atoms with Crippen LogP contribution in [-0.2, 0) is 16.2 Å². The highest BCUT2D eigenvalue weighted by Crippen LogP contribution is 2.30. The van der Waals surface area contributed by atoms with Crippen LogP contribution in [0.25, 0.3) is 5.57 Å². The maximum absolute atomic E-state index is 13.2. The Labute approximate surface area is 231 Å². The van der Waals surface area contributed by atoms with Gasteiger partial charge in [-0.15, -0.1) is 0 Å². The Hall–Kier alpha value is -3.26. The van der Waals surface area contributed by atoms with Gasteiger partial charge in [-0.3, -0.25) is 0 Å². The van der Waals surface area contributed by atoms with Crippen LogP contribution in [0.4, 0.5) is 19.0 Å². The largest absolute Gasteiger partial charge is 0.417 e. The Morgan fingerprint density at radius 2 is 1.90 bits per heavy atom. The van der Waals surface area contributed by atoms with Gasteiger partial charge >= 0.3 is 6.18 Å². The molecule has 1 aliphatic heterocycles. The molecule has 13 heteroatoms. The van der Waals surface area contributed by atoms with Crippen molar-refractivity contribution in [3.05, 3.63) is 71.7 Å². The first-order valence-corrected chi connectivity index (χ1v) is 14.3. The second-order valence-electron chi connectivity index (χ2n) is 10.1. The summed E-state index contributed by atoms with van der Waals surface area (Å²) in [6.07, 6.45) is 0.832. The summed E-state index contributed by atoms with van der Waals surface area (Å²) in [7, 11) is -3.87. The SMILES string of the molecule is C=N/C(=C\C=C(/C)c1ccc(S(=O)(=O)N2CC[C@@H](Nc3ccc(C(F)(F)F)cn3)[C@@H](O)C2)cc1)N[C@H]1C[C@@H](N)C1. The first-order chi connectivity index (χ1) is 18.9. The molecule has 0 amide bonds. The van der Waals surface area contributed by atoms with Gasteiger partial charge in [-0.1, -0.05) is 18.2 Å². The van der Waals surface area contributed by atoms with Crippen LogP contribution in [-0.4, -0.2) is 66.9 Å². The zero-order chi connectivity index (χ0) is 29.1. The van der Waals surface area contributed by atoms with Crippen molar-refractivity contribution in [2.45, 2.75) is 61.5 Å². The standard InChI is InChI=1S/C27H33F3N6O3S/c1-17(3-9-25(32-2)34-21-13-20(31)14-21)18-4-7-22(8-5-18)40(38,39)36-12-11-23(24(37)16-36)35-26-10-6-19(15-33-26)27(28,29)30/h3-10,15,20-21,23-24,34,37H,2,11-14,16,31H2,1H3,(H,33,35)/b17-3+,25-9+/t20-,21+,23-,24+/m1/s1. The second-order valence-corrected chi connectivity index (χ2v) is 12.0. The number of pyridine rings is 1. The fourth-order valence-corrected chi connectivity index (χ4v) is 6.07. The van der Waals surface area contributed by atoms with Gasteiger partial charge in [0.2, 0.25) is 10.0 Å². The van der Waals surface area contributed by atoms with E-state index < -0.39 is 33.9 Å². The van der Waals surface area contributed by atoms with Crippen molar-refractivity contribution in [2.75, 3.05) is 18.4 Å². The molecule has 0 unspecified atom stereocenters. The van der Waals surface area contributed by atoms with Crippen molar-refractivity contribution in [1.82, 2.24) is 14.6 Å². The third kappa shape index (κ3) is 7.08. The van der Waals surface area contributed by atoms with Crippen LogP contribution in [0.15, 0.2) is 70.5 Å². The zero-order valence-electron chi connectivity index (χ0n) is 22.0. The highest BCUT2D eigenvalue weighted by molar-refractivity contribution is 7.89. The average molecular weight is 579 g/mol. The molecule has 216 valence electrons. The lowest BCUT2D eigenvalue weighted by Gasteiger charge is -2.35. The highest BCUT2D eigenvalue weighted by Gasteiger charge is 2.35. The third-order valence-electron chi connectivity index (χ3n) is 7.10. The zero-order valence-corrected chi connectivity index (χ0v) is 22.8. The predicted octanol–water partition coefficient (Wildman–Crippen LogP) is 3.36. The van der Waals surface area contributed by atoms with Gasteiger partial charge in [0.15, 0.2) is 0 Å². The molecule has 1 aliphatic carbocycles. The van der Waals surface area contributed by atoms with Crippen molar-refractivity contribution in [3.8, 4) is 0 Å². The molecule has 2 fully saturated rings. The normalized spacial score (nSPS) is 24.8. The van der Waals surface area contributed by atoms with E-state index in [1.54, 1.807) is 12.1 Å². The molecular weight excluding hydrogens is 545 g/mol. The number of allylic oxidation sites excluding steroid dienone is 3. The lowest BCUT2D eigenvalue weighted by molar-refractivity contribution is -0.137. The van der Waals surface area contributed by atoms with Gasteiger partial charge < -0.3 is 21.5 Å². The van der Waals surface area contributed by atoms with E-state index in [1.165, 1.54) is 22.5 Å². The minimum absolute atomic E-state index is 0.0963. The number of aliphatic hydroxyl groups is 1. The molecule has 0 spiro atoms. The molecule has 1 aromatic heterocycles. The van der Waals surface area contributed by atoms with Gasteiger partial charge in [0.25, 0.3) is 0 Å². The van der Waals surface area contributed by atoms with Gasteiger partial charge in [-0.05, 0) is 74.4 Å². The molecule has 2 heterocycles. The fraction of sp³-hybridized carbons (Fsp3) is 0.407. The van der Waals surface area contributed by atoms with Gasteiger partial charge in [-0.25, -0.2) is 18.4 Å². The predicted molar refractivity (Wildman–Crippen MR) is 148 cm³/mol. The minimum atomic E-state index is -4.50. The van der Waals surface area contributed by atoms with Gasteiger partial charge in [0.1, 0.15) is 11.6 Å². The first-order valence-electron chi connectivity index (χ1n) is 12.8. The number of anilines is 1. The number of nitrogens with two attached hydrogens (primary N) is 1. The summed E-state index contributed by atoms with van der Waals surface area (Å²) < 4.78 is 65.9. The second kappa shape index (κ2) is 12.1. The van der Waals surface area contributed by atoms with E-state index in [9.17, 15) is 26.7 Å². The summed E-state index contributed by atoms with van der Waals surface area (Å²) in [5.41, 5.74) is 6.67. The van der Waals surface area contributed by atoms with Crippen LogP contribution in [0.1, 0.15) is 37.3 Å². The lowest BCUT2D eigenvalue weighted by atomic mass is 9.88. The number of rotatable bonds is 9. The van der Waals surface area contributed by atoms with E-state index >= 15 is 0 Å². The number of alkyl halides is 3. The molecule has 0 radical (unpaired) electrons. The number of aliphatic hydroxyl groups excluding tert-OH is 1. The quantitative estimate of drug-likeness (QED) is 0.265. The topological polar surface area (TPSA) is 133 Å². The average Bonchev–Trinajstić information content (AvgIpc) is 2.90. The van der Waals surface area contributed by atoms with Gasteiger partial charge in [0.05, 0.1) is 22.6 Å². The summed E-state index contributed by atoms with van der Waals surface area (Å²) in [6, 6.07) is 8.49. The number of β-amino-alcohol motifs (C(OH)–C–C–N with tert-alkyl or cyclic N) is 1. The molecule has 1 aromatic carbocycles. The van der Waals surface area contributed by atoms with E-state index in [0.29, 0.717) is 12.0 Å². The van der Waals surface area contributed by atoms with E-state index in [-0.39, 0.29) is 42.3 Å². The number of nitrogens with zero attached hydrogens (tertiary/aromatic N) is 3. The van der Waals surface area contributed by atoms with E-state index in [1.807, 2.05) is 19.1 Å². The van der Waals surface area contributed by atoms with Crippen LogP contribution >= 0.6 is 0 Å². The van der Waals surface area contributed by atoms with Crippen molar-refractivity contribution in [1.29, 1.82) is 0 Å². The van der Waals surface area contributed by atoms with Crippen molar-refractivity contribution < 1.29 is 26.7 Å². The van der Waals surface area contributed by atoms with E-state index in [2.05, 4.69) is 27.3 Å². The van der Waals surface area contributed by atoms with E-state index in [0.717, 1.165) is 30.0 Å². The number of benzene rings is 1. The molecule has 2 aliphatic rings. The van der Waals surface area contributed by atoms with Gasteiger partial charge in [0, 0.05) is 31.4 Å². The lowest BCUT2D eigenvalue weighted by Crippen LogP contribution is -2.51. The molecule has 0 bridgehead atoms. The molecule has 40 heavy (non-hydrogen) atoms. The number of hydrogen-bond acceptors (Lipinski definition) is 8. The maximum atomic E-state index is 13.2. The molecule has 5 N–H and O–H groups in total. The third-order valence-corrected chi connectivity index (χ3v) is 8.98. The Balaban J connectivity index is 1.36. The summed E-state index contributed by atoms with van der Waals surface area (Å²) >= 11 is 0. The number of aromatic nitrogens is 1. The van der Waals surface area contributed by atoms with Crippen LogP contribution < -0.4 is 16.4 Å². The van der Waals surface area contributed by atoms with Crippen molar-refractivity contribution in [3.63, 3.8) is 0 Å². The molecule has 4 rings (SSSR count). The summed E-state index contributed by atoms with van der Waals surface area (Å²) in [6.45, 7) is 5.45. The number of halogens is 3. The van der Waals surface area contributed by atoms with Crippen LogP contribution in [0.5, 0.6) is 0 Å². The van der Waals surface area contributed by atoms with Crippen LogP contribution in [0, 0.1) is 0 Å².